The molecule has 0 aromatic heterocycles. The van der Waals surface area contributed by atoms with Crippen molar-refractivity contribution >= 4 is 17.1 Å². The third kappa shape index (κ3) is 3.97. The zero-order chi connectivity index (χ0) is 16.9. The smallest absolute Gasteiger partial charge is 0.258 e. The number of hydrogen-bond donors (Lipinski definition) is 0. The van der Waals surface area contributed by atoms with Crippen LogP contribution in [0.5, 0.6) is 0 Å². The molecule has 0 amide bonds. The zero-order valence-electron chi connectivity index (χ0n) is 12.7. The molecular weight excluding hydrogens is 300 g/mol. The van der Waals surface area contributed by atoms with Gasteiger partial charge in [-0.3, -0.25) is 20.2 Å². The zero-order valence-corrected chi connectivity index (χ0v) is 12.7. The molecule has 0 heterocycles. The van der Waals surface area contributed by atoms with Crippen molar-refractivity contribution in [3.63, 3.8) is 0 Å². The predicted molar refractivity (Wildman–Crippen MR) is 84.9 cm³/mol. The summed E-state index contributed by atoms with van der Waals surface area (Å²) in [6.07, 6.45) is 7.63. The molecule has 0 aliphatic heterocycles. The lowest BCUT2D eigenvalue weighted by molar-refractivity contribution is -0.393. The van der Waals surface area contributed by atoms with Crippen molar-refractivity contribution in [3.05, 3.63) is 51.1 Å². The Balaban J connectivity index is 2.35. The maximum absolute atomic E-state index is 11.1. The van der Waals surface area contributed by atoms with Crippen LogP contribution in [0.15, 0.2) is 41.1 Å². The van der Waals surface area contributed by atoms with Crippen molar-refractivity contribution in [2.75, 3.05) is 0 Å². The third-order valence-electron chi connectivity index (χ3n) is 4.07. The van der Waals surface area contributed by atoms with Crippen LogP contribution < -0.4 is 0 Å². The maximum Gasteiger partial charge on any atom is 0.303 e. The van der Waals surface area contributed by atoms with Gasteiger partial charge in [0.1, 0.15) is 0 Å². The number of non-ortho nitro benzene ring substituents is 1. The van der Waals surface area contributed by atoms with Crippen LogP contribution in [0.4, 0.5) is 17.1 Å². The fourth-order valence-corrected chi connectivity index (χ4v) is 2.70. The van der Waals surface area contributed by atoms with Gasteiger partial charge in [0.15, 0.2) is 5.69 Å². The quantitative estimate of drug-likeness (QED) is 0.253. The fourth-order valence-electron chi connectivity index (χ4n) is 2.70. The van der Waals surface area contributed by atoms with Crippen molar-refractivity contribution < 1.29 is 9.85 Å². The number of hydrogen-bond acceptors (Lipinski definition) is 6. The number of rotatable bonds is 5. The van der Waals surface area contributed by atoms with E-state index in [1.54, 1.807) is 6.08 Å². The summed E-state index contributed by atoms with van der Waals surface area (Å²) in [5, 5.41) is 30.2. The standard InChI is InChI=1S/C15H18N4O4/c1-2-15(9-5-3-4-6-10-15)17-16-13-8-7-12(18(20)21)11-14(13)19(22)23/h2,7-8,11H,1,3-6,9-10H2. The summed E-state index contributed by atoms with van der Waals surface area (Å²) in [5.41, 5.74) is -1.25. The molecule has 1 aliphatic carbocycles. The number of benzene rings is 1. The van der Waals surface area contributed by atoms with E-state index in [1.807, 2.05) is 0 Å². The summed E-state index contributed by atoms with van der Waals surface area (Å²) in [6, 6.07) is 3.35. The molecule has 23 heavy (non-hydrogen) atoms. The van der Waals surface area contributed by atoms with Crippen LogP contribution >= 0.6 is 0 Å². The second-order valence-corrected chi connectivity index (χ2v) is 5.61. The molecule has 0 spiro atoms. The van der Waals surface area contributed by atoms with Crippen LogP contribution in [0.3, 0.4) is 0 Å². The minimum Gasteiger partial charge on any atom is -0.258 e. The van der Waals surface area contributed by atoms with Gasteiger partial charge in [0.05, 0.1) is 21.5 Å². The highest BCUT2D eigenvalue weighted by Gasteiger charge is 2.28. The SMILES string of the molecule is C=CC1(N=Nc2ccc([N+](=O)[O-])cc2[N+](=O)[O-])CCCCCC1. The predicted octanol–water partition coefficient (Wildman–Crippen LogP) is 4.87. The average Bonchev–Trinajstić information content (AvgIpc) is 2.78. The summed E-state index contributed by atoms with van der Waals surface area (Å²) in [6.45, 7) is 3.83. The highest BCUT2D eigenvalue weighted by Crippen LogP contribution is 2.36. The lowest BCUT2D eigenvalue weighted by Crippen LogP contribution is -2.21. The van der Waals surface area contributed by atoms with Crippen LogP contribution in [-0.4, -0.2) is 15.4 Å². The van der Waals surface area contributed by atoms with E-state index in [9.17, 15) is 20.2 Å². The largest absolute Gasteiger partial charge is 0.303 e. The molecule has 0 N–H and O–H groups in total. The van der Waals surface area contributed by atoms with Crippen LogP contribution in [0.25, 0.3) is 0 Å². The lowest BCUT2D eigenvalue weighted by Gasteiger charge is -2.22. The van der Waals surface area contributed by atoms with E-state index in [2.05, 4.69) is 16.8 Å². The van der Waals surface area contributed by atoms with E-state index < -0.39 is 21.1 Å². The van der Waals surface area contributed by atoms with Gasteiger partial charge in [0.2, 0.25) is 0 Å². The topological polar surface area (TPSA) is 111 Å². The van der Waals surface area contributed by atoms with Crippen LogP contribution in [0.2, 0.25) is 0 Å². The molecule has 122 valence electrons. The second-order valence-electron chi connectivity index (χ2n) is 5.61. The van der Waals surface area contributed by atoms with E-state index in [0.717, 1.165) is 44.6 Å². The molecule has 8 nitrogen and oxygen atoms in total. The molecule has 0 unspecified atom stereocenters. The fraction of sp³-hybridized carbons (Fsp3) is 0.467. The second kappa shape index (κ2) is 7.08. The van der Waals surface area contributed by atoms with Crippen molar-refractivity contribution in [1.82, 2.24) is 0 Å². The highest BCUT2D eigenvalue weighted by molar-refractivity contribution is 5.61. The lowest BCUT2D eigenvalue weighted by atomic mass is 9.92. The highest BCUT2D eigenvalue weighted by atomic mass is 16.6. The maximum atomic E-state index is 11.1. The molecule has 1 aromatic carbocycles. The van der Waals surface area contributed by atoms with Gasteiger partial charge in [0.25, 0.3) is 5.69 Å². The van der Waals surface area contributed by atoms with E-state index in [4.69, 9.17) is 0 Å². The Morgan fingerprint density at radius 3 is 2.26 bits per heavy atom. The minimum absolute atomic E-state index is 0.0195. The molecule has 0 radical (unpaired) electrons. The van der Waals surface area contributed by atoms with Crippen molar-refractivity contribution in [1.29, 1.82) is 0 Å². The van der Waals surface area contributed by atoms with Gasteiger partial charge in [-0.05, 0) is 18.9 Å². The van der Waals surface area contributed by atoms with Crippen LogP contribution in [0, 0.1) is 20.2 Å². The van der Waals surface area contributed by atoms with Gasteiger partial charge in [-0.1, -0.05) is 31.8 Å². The summed E-state index contributed by atoms with van der Waals surface area (Å²) in [5.74, 6) is 0. The molecule has 0 bridgehead atoms. The first kappa shape index (κ1) is 16.7. The van der Waals surface area contributed by atoms with Crippen molar-refractivity contribution in [3.8, 4) is 0 Å². The van der Waals surface area contributed by atoms with E-state index >= 15 is 0 Å². The first-order chi connectivity index (χ1) is 11.0. The van der Waals surface area contributed by atoms with Gasteiger partial charge < -0.3 is 0 Å². The summed E-state index contributed by atoms with van der Waals surface area (Å²) in [4.78, 5) is 20.5. The Hall–Kier alpha value is -2.64. The van der Waals surface area contributed by atoms with Gasteiger partial charge >= 0.3 is 5.69 Å². The Morgan fingerprint density at radius 2 is 1.74 bits per heavy atom. The Labute approximate surface area is 133 Å². The van der Waals surface area contributed by atoms with Crippen LogP contribution in [0.1, 0.15) is 38.5 Å². The Bertz CT molecular complexity index is 649. The monoisotopic (exact) mass is 318 g/mol. The number of nitrogens with zero attached hydrogens (tertiary/aromatic N) is 4. The molecule has 1 saturated carbocycles. The molecule has 1 aromatic rings. The molecular formula is C15H18N4O4. The van der Waals surface area contributed by atoms with Gasteiger partial charge in [0, 0.05) is 6.07 Å². The molecule has 8 heteroatoms. The number of nitro benzene ring substituents is 2. The molecule has 1 fully saturated rings. The van der Waals surface area contributed by atoms with Crippen molar-refractivity contribution in [2.45, 2.75) is 44.1 Å². The molecule has 1 aliphatic rings. The van der Waals surface area contributed by atoms with E-state index in [1.165, 1.54) is 12.1 Å². The summed E-state index contributed by atoms with van der Waals surface area (Å²) >= 11 is 0. The Kier molecular flexibility index (Phi) is 5.15. The average molecular weight is 318 g/mol. The van der Waals surface area contributed by atoms with Crippen LogP contribution in [-0.2, 0) is 0 Å². The number of nitro groups is 2. The van der Waals surface area contributed by atoms with Gasteiger partial charge in [-0.15, -0.1) is 11.7 Å². The Morgan fingerprint density at radius 1 is 1.09 bits per heavy atom. The first-order valence-corrected chi connectivity index (χ1v) is 7.47. The molecule has 0 saturated heterocycles. The number of azo groups is 1. The minimum atomic E-state index is -0.685. The molecule has 2 rings (SSSR count). The van der Waals surface area contributed by atoms with E-state index in [0.29, 0.717) is 0 Å². The summed E-state index contributed by atoms with van der Waals surface area (Å²) < 4.78 is 0. The van der Waals surface area contributed by atoms with Crippen molar-refractivity contribution in [2.24, 2.45) is 10.2 Å². The van der Waals surface area contributed by atoms with E-state index in [-0.39, 0.29) is 11.4 Å². The van der Waals surface area contributed by atoms with Gasteiger partial charge in [-0.25, -0.2) is 0 Å². The molecule has 0 atom stereocenters. The summed E-state index contributed by atoms with van der Waals surface area (Å²) in [7, 11) is 0. The third-order valence-corrected chi connectivity index (χ3v) is 4.07. The first-order valence-electron chi connectivity index (χ1n) is 7.47. The van der Waals surface area contributed by atoms with Gasteiger partial charge in [-0.2, -0.15) is 5.11 Å². The normalized spacial score (nSPS) is 17.6.